The van der Waals surface area contributed by atoms with Crippen molar-refractivity contribution in [3.63, 3.8) is 0 Å². The molecule has 2 unspecified atom stereocenters. The highest BCUT2D eigenvalue weighted by Crippen LogP contribution is 2.29. The van der Waals surface area contributed by atoms with Gasteiger partial charge in [0.2, 0.25) is 11.8 Å². The smallest absolute Gasteiger partial charge is 0.264 e. The van der Waals surface area contributed by atoms with Crippen molar-refractivity contribution in [1.29, 1.82) is 0 Å². The summed E-state index contributed by atoms with van der Waals surface area (Å²) in [5, 5.41) is 3.08. The molecule has 0 aromatic heterocycles. The number of carbonyl (C=O) groups is 2. The number of hydrogen-bond donors (Lipinski definition) is 1. The second-order valence-corrected chi connectivity index (χ2v) is 13.7. The van der Waals surface area contributed by atoms with Gasteiger partial charge in [-0.1, -0.05) is 110 Å². The molecule has 46 heavy (non-hydrogen) atoms. The minimum absolute atomic E-state index is 0.0948. The van der Waals surface area contributed by atoms with Gasteiger partial charge < -0.3 is 10.2 Å². The quantitative estimate of drug-likeness (QED) is 0.168. The molecule has 1 N–H and O–H groups in total. The minimum Gasteiger partial charge on any atom is -0.352 e. The van der Waals surface area contributed by atoms with Crippen molar-refractivity contribution >= 4 is 27.5 Å². The number of hydrogen-bond acceptors (Lipinski definition) is 4. The summed E-state index contributed by atoms with van der Waals surface area (Å²) in [6.45, 7) is 9.42. The zero-order valence-electron chi connectivity index (χ0n) is 27.4. The van der Waals surface area contributed by atoms with Crippen LogP contribution < -0.4 is 9.62 Å². The van der Waals surface area contributed by atoms with E-state index in [1.165, 1.54) is 4.31 Å². The average Bonchev–Trinajstić information content (AvgIpc) is 3.05. The first kappa shape index (κ1) is 34.4. The molecule has 0 bridgehead atoms. The maximum atomic E-state index is 14.7. The molecule has 2 atom stereocenters. The molecule has 0 radical (unpaired) electrons. The lowest BCUT2D eigenvalue weighted by atomic mass is 10.0. The molecule has 0 spiro atoms. The van der Waals surface area contributed by atoms with Crippen LogP contribution in [0.3, 0.4) is 0 Å². The summed E-state index contributed by atoms with van der Waals surface area (Å²) in [6, 6.07) is 30.3. The third-order valence-electron chi connectivity index (χ3n) is 8.24. The Balaban J connectivity index is 1.84. The SMILES string of the molecule is CCc1ccccc1N(CC(=O)N(Cc1cccc(C)c1)C(Cc1ccccc1)C(=O)NC(C)CC)S(=O)(=O)c1ccc(C)cc1. The third-order valence-corrected chi connectivity index (χ3v) is 10.0. The van der Waals surface area contributed by atoms with E-state index in [4.69, 9.17) is 0 Å². The van der Waals surface area contributed by atoms with E-state index in [9.17, 15) is 18.0 Å². The lowest BCUT2D eigenvalue weighted by Gasteiger charge is -2.34. The van der Waals surface area contributed by atoms with Gasteiger partial charge in [0, 0.05) is 19.0 Å². The maximum Gasteiger partial charge on any atom is 0.264 e. The summed E-state index contributed by atoms with van der Waals surface area (Å²) in [4.78, 5) is 30.3. The van der Waals surface area contributed by atoms with E-state index in [1.807, 2.05) is 101 Å². The molecule has 242 valence electrons. The van der Waals surface area contributed by atoms with E-state index in [1.54, 1.807) is 41.3 Å². The van der Waals surface area contributed by atoms with E-state index >= 15 is 0 Å². The van der Waals surface area contributed by atoms with E-state index in [0.717, 1.165) is 34.2 Å². The van der Waals surface area contributed by atoms with Crippen LogP contribution in [-0.2, 0) is 39.0 Å². The number of amides is 2. The van der Waals surface area contributed by atoms with Crippen LogP contribution in [0.15, 0.2) is 108 Å². The first-order valence-corrected chi connectivity index (χ1v) is 17.3. The van der Waals surface area contributed by atoms with Crippen LogP contribution in [0.25, 0.3) is 0 Å². The first-order chi connectivity index (χ1) is 22.0. The van der Waals surface area contributed by atoms with Gasteiger partial charge in [-0.3, -0.25) is 13.9 Å². The standard InChI is InChI=1S/C38H45N3O4S/c1-6-30(5)39-38(43)36(25-31-15-9-8-10-16-31)40(26-32-17-13-14-29(4)24-32)37(42)27-41(35-19-12-11-18-33(35)7-2)46(44,45)34-22-20-28(3)21-23-34/h8-24,30,36H,6-7,25-27H2,1-5H3,(H,39,43). The van der Waals surface area contributed by atoms with E-state index in [2.05, 4.69) is 5.32 Å². The normalized spacial score (nSPS) is 12.6. The lowest BCUT2D eigenvalue weighted by molar-refractivity contribution is -0.140. The van der Waals surface area contributed by atoms with Crippen LogP contribution in [-0.4, -0.2) is 43.8 Å². The van der Waals surface area contributed by atoms with Crippen LogP contribution in [0.2, 0.25) is 0 Å². The van der Waals surface area contributed by atoms with Gasteiger partial charge >= 0.3 is 0 Å². The van der Waals surface area contributed by atoms with Gasteiger partial charge in [0.1, 0.15) is 12.6 Å². The number of sulfonamides is 1. The molecule has 0 aliphatic rings. The predicted octanol–water partition coefficient (Wildman–Crippen LogP) is 6.62. The van der Waals surface area contributed by atoms with Gasteiger partial charge in [-0.25, -0.2) is 8.42 Å². The lowest BCUT2D eigenvalue weighted by Crippen LogP contribution is -2.54. The molecular formula is C38H45N3O4S. The summed E-state index contributed by atoms with van der Waals surface area (Å²) < 4.78 is 29.9. The van der Waals surface area contributed by atoms with Crippen LogP contribution in [0.4, 0.5) is 5.69 Å². The van der Waals surface area contributed by atoms with Gasteiger partial charge in [-0.2, -0.15) is 0 Å². The molecule has 4 rings (SSSR count). The number of anilines is 1. The second-order valence-electron chi connectivity index (χ2n) is 11.8. The Morgan fingerprint density at radius 1 is 0.783 bits per heavy atom. The molecule has 0 aliphatic carbocycles. The number of nitrogens with one attached hydrogen (secondary N) is 1. The largest absolute Gasteiger partial charge is 0.352 e. The number of para-hydroxylation sites is 1. The molecule has 0 heterocycles. The van der Waals surface area contributed by atoms with Gasteiger partial charge in [0.15, 0.2) is 0 Å². The van der Waals surface area contributed by atoms with Crippen molar-refractivity contribution in [2.45, 2.75) is 77.4 Å². The molecular weight excluding hydrogens is 595 g/mol. The molecule has 4 aromatic rings. The molecule has 8 heteroatoms. The molecule has 0 fully saturated rings. The minimum atomic E-state index is -4.15. The fourth-order valence-corrected chi connectivity index (χ4v) is 6.86. The highest BCUT2D eigenvalue weighted by Gasteiger charge is 2.35. The van der Waals surface area contributed by atoms with Crippen molar-refractivity contribution in [1.82, 2.24) is 10.2 Å². The van der Waals surface area contributed by atoms with Crippen molar-refractivity contribution < 1.29 is 18.0 Å². The van der Waals surface area contributed by atoms with Gasteiger partial charge in [-0.05, 0) is 68.5 Å². The Hall–Kier alpha value is -4.43. The van der Waals surface area contributed by atoms with Crippen molar-refractivity contribution in [2.75, 3.05) is 10.8 Å². The highest BCUT2D eigenvalue weighted by atomic mass is 32.2. The summed E-state index contributed by atoms with van der Waals surface area (Å²) in [7, 11) is -4.15. The fourth-order valence-electron chi connectivity index (χ4n) is 5.41. The Bertz CT molecular complexity index is 1720. The van der Waals surface area contributed by atoms with Gasteiger partial charge in [0.25, 0.3) is 10.0 Å². The number of aryl methyl sites for hydroxylation is 3. The second kappa shape index (κ2) is 15.7. The van der Waals surface area contributed by atoms with E-state index < -0.39 is 28.5 Å². The summed E-state index contributed by atoms with van der Waals surface area (Å²) in [5.41, 5.74) is 4.94. The van der Waals surface area contributed by atoms with Crippen LogP contribution in [0, 0.1) is 13.8 Å². The van der Waals surface area contributed by atoms with Crippen molar-refractivity contribution in [3.05, 3.63) is 131 Å². The maximum absolute atomic E-state index is 14.7. The summed E-state index contributed by atoms with van der Waals surface area (Å²) in [6.07, 6.45) is 1.58. The molecule has 0 saturated carbocycles. The summed E-state index contributed by atoms with van der Waals surface area (Å²) in [5.74, 6) is -0.746. The van der Waals surface area contributed by atoms with E-state index in [-0.39, 0.29) is 29.8 Å². The number of nitrogens with zero attached hydrogens (tertiary/aromatic N) is 2. The number of carbonyl (C=O) groups excluding carboxylic acids is 2. The zero-order chi connectivity index (χ0) is 33.3. The molecule has 4 aromatic carbocycles. The molecule has 0 aliphatic heterocycles. The van der Waals surface area contributed by atoms with Gasteiger partial charge in [0.05, 0.1) is 10.6 Å². The molecule has 0 saturated heterocycles. The zero-order valence-corrected chi connectivity index (χ0v) is 28.3. The molecule has 2 amide bonds. The number of benzene rings is 4. The topological polar surface area (TPSA) is 86.8 Å². The van der Waals surface area contributed by atoms with Crippen LogP contribution in [0.5, 0.6) is 0 Å². The van der Waals surface area contributed by atoms with Gasteiger partial charge in [-0.15, -0.1) is 0 Å². The Morgan fingerprint density at radius 3 is 2.09 bits per heavy atom. The Morgan fingerprint density at radius 2 is 1.43 bits per heavy atom. The highest BCUT2D eigenvalue weighted by molar-refractivity contribution is 7.92. The van der Waals surface area contributed by atoms with Crippen molar-refractivity contribution in [2.24, 2.45) is 0 Å². The van der Waals surface area contributed by atoms with Crippen LogP contribution >= 0.6 is 0 Å². The molecule has 7 nitrogen and oxygen atoms in total. The third kappa shape index (κ3) is 8.63. The average molecular weight is 640 g/mol. The van der Waals surface area contributed by atoms with Crippen molar-refractivity contribution in [3.8, 4) is 0 Å². The van der Waals surface area contributed by atoms with E-state index in [0.29, 0.717) is 12.1 Å². The van der Waals surface area contributed by atoms with Crippen LogP contribution in [0.1, 0.15) is 55.0 Å². The first-order valence-electron chi connectivity index (χ1n) is 15.9. The Labute approximate surface area is 274 Å². The summed E-state index contributed by atoms with van der Waals surface area (Å²) >= 11 is 0. The predicted molar refractivity (Wildman–Crippen MR) is 185 cm³/mol. The number of rotatable bonds is 14. The monoisotopic (exact) mass is 639 g/mol. The fraction of sp³-hybridized carbons (Fsp3) is 0.316. The Kier molecular flexibility index (Phi) is 11.8.